The molecule has 1 saturated heterocycles. The monoisotopic (exact) mass is 469 g/mol. The summed E-state index contributed by atoms with van der Waals surface area (Å²) in [6.45, 7) is 8.21. The summed E-state index contributed by atoms with van der Waals surface area (Å²) in [6.07, 6.45) is 5.95. The zero-order valence-corrected chi connectivity index (χ0v) is 20.7. The van der Waals surface area contributed by atoms with Gasteiger partial charge in [0.25, 0.3) is 0 Å². The predicted octanol–water partition coefficient (Wildman–Crippen LogP) is 4.30. The summed E-state index contributed by atoms with van der Waals surface area (Å²) in [5.74, 6) is -1.09. The number of nitrogens with two attached hydrogens (primary N) is 1. The van der Waals surface area contributed by atoms with E-state index in [1.165, 1.54) is 0 Å². The number of carbonyl (C=O) groups is 2. The Hall–Kier alpha value is -2.96. The quantitative estimate of drug-likeness (QED) is 0.382. The van der Waals surface area contributed by atoms with E-state index in [1.807, 2.05) is 32.0 Å². The van der Waals surface area contributed by atoms with Gasteiger partial charge >= 0.3 is 5.97 Å². The number of piperidine rings is 1. The van der Waals surface area contributed by atoms with Gasteiger partial charge in [-0.15, -0.1) is 0 Å². The summed E-state index contributed by atoms with van der Waals surface area (Å²) in [5.41, 5.74) is 8.97. The van der Waals surface area contributed by atoms with Crippen LogP contribution in [0.1, 0.15) is 62.1 Å². The molecule has 2 aliphatic rings. The van der Waals surface area contributed by atoms with Crippen molar-refractivity contribution in [3.63, 3.8) is 0 Å². The fourth-order valence-electron chi connectivity index (χ4n) is 5.02. The molecule has 2 atom stereocenters. The molecular weight excluding hydrogens is 433 g/mol. The van der Waals surface area contributed by atoms with Crippen molar-refractivity contribution in [2.45, 2.75) is 65.0 Å². The molecule has 1 amide bonds. The van der Waals surface area contributed by atoms with E-state index in [0.29, 0.717) is 37.1 Å². The van der Waals surface area contributed by atoms with Gasteiger partial charge in [-0.2, -0.15) is 0 Å². The summed E-state index contributed by atoms with van der Waals surface area (Å²) >= 11 is 0. The third kappa shape index (κ3) is 5.40. The van der Waals surface area contributed by atoms with E-state index >= 15 is 4.39 Å². The number of nitrogens with zero attached hydrogens (tertiary/aromatic N) is 2. The van der Waals surface area contributed by atoms with Crippen molar-refractivity contribution in [3.8, 4) is 0 Å². The van der Waals surface area contributed by atoms with Crippen molar-refractivity contribution in [3.05, 3.63) is 58.3 Å². The lowest BCUT2D eigenvalue weighted by Gasteiger charge is -2.42. The summed E-state index contributed by atoms with van der Waals surface area (Å²) in [5, 5.41) is 0. The topological polar surface area (TPSA) is 85.0 Å². The second-order valence-corrected chi connectivity index (χ2v) is 9.10. The second-order valence-electron chi connectivity index (χ2n) is 9.10. The first-order valence-corrected chi connectivity index (χ1v) is 12.1. The van der Waals surface area contributed by atoms with Gasteiger partial charge in [0, 0.05) is 23.7 Å². The fraction of sp³-hybridized carbons (Fsp3) is 0.519. The lowest BCUT2D eigenvalue weighted by atomic mass is 9.76. The first-order chi connectivity index (χ1) is 16.2. The molecule has 1 heterocycles. The maximum atomic E-state index is 16.3. The smallest absolute Gasteiger partial charge is 0.354 e. The van der Waals surface area contributed by atoms with Crippen molar-refractivity contribution < 1.29 is 18.7 Å². The Kier molecular flexibility index (Phi) is 8.28. The average molecular weight is 470 g/mol. The summed E-state index contributed by atoms with van der Waals surface area (Å²) in [7, 11) is 0. The highest BCUT2D eigenvalue weighted by Crippen LogP contribution is 2.42. The lowest BCUT2D eigenvalue weighted by Crippen LogP contribution is -2.51. The number of hydrogen-bond donors (Lipinski definition) is 1. The number of carbonyl (C=O) groups excluding carboxylic acids is 2. The van der Waals surface area contributed by atoms with E-state index in [1.54, 1.807) is 30.9 Å². The van der Waals surface area contributed by atoms with Crippen LogP contribution in [0.2, 0.25) is 0 Å². The molecule has 2 unspecified atom stereocenters. The number of ether oxygens (including phenoxy) is 1. The molecule has 1 aromatic rings. The van der Waals surface area contributed by atoms with Gasteiger partial charge in [0.1, 0.15) is 12.2 Å². The molecule has 6 nitrogen and oxygen atoms in total. The summed E-state index contributed by atoms with van der Waals surface area (Å²) < 4.78 is 21.3. The molecule has 1 aliphatic carbocycles. The maximum Gasteiger partial charge on any atom is 0.354 e. The molecule has 1 aromatic carbocycles. The van der Waals surface area contributed by atoms with Gasteiger partial charge in [-0.25, -0.2) is 9.18 Å². The lowest BCUT2D eigenvalue weighted by molar-refractivity contribution is -0.138. The zero-order valence-electron chi connectivity index (χ0n) is 20.7. The van der Waals surface area contributed by atoms with E-state index in [-0.39, 0.29) is 37.2 Å². The number of aliphatic imine (C=N–C) groups is 1. The van der Waals surface area contributed by atoms with Crippen LogP contribution in [0.5, 0.6) is 0 Å². The van der Waals surface area contributed by atoms with E-state index < -0.39 is 11.6 Å². The minimum Gasteiger partial charge on any atom is -0.461 e. The van der Waals surface area contributed by atoms with Gasteiger partial charge in [-0.05, 0) is 76.1 Å². The van der Waals surface area contributed by atoms with Gasteiger partial charge < -0.3 is 15.4 Å². The molecule has 2 N–H and O–H groups in total. The maximum absolute atomic E-state index is 16.3. The molecule has 34 heavy (non-hydrogen) atoms. The van der Waals surface area contributed by atoms with Crippen LogP contribution in [0.3, 0.4) is 0 Å². The summed E-state index contributed by atoms with van der Waals surface area (Å²) in [4.78, 5) is 31.1. The van der Waals surface area contributed by atoms with Crippen LogP contribution in [0.15, 0.2) is 46.6 Å². The second kappa shape index (κ2) is 11.0. The highest BCUT2D eigenvalue weighted by molar-refractivity contribution is 6.08. The van der Waals surface area contributed by atoms with Crippen LogP contribution in [-0.2, 0) is 14.3 Å². The number of halogens is 1. The highest BCUT2D eigenvalue weighted by atomic mass is 19.1. The molecule has 1 aliphatic heterocycles. The normalized spacial score (nSPS) is 25.7. The van der Waals surface area contributed by atoms with Crippen molar-refractivity contribution in [2.75, 3.05) is 26.2 Å². The Morgan fingerprint density at radius 1 is 1.32 bits per heavy atom. The minimum absolute atomic E-state index is 0.00721. The van der Waals surface area contributed by atoms with Crippen molar-refractivity contribution in [2.24, 2.45) is 10.7 Å². The number of rotatable bonds is 6. The number of alkyl halides is 1. The molecule has 0 spiro atoms. The van der Waals surface area contributed by atoms with E-state index in [2.05, 4.69) is 4.99 Å². The first-order valence-electron chi connectivity index (χ1n) is 12.1. The molecule has 0 aromatic heterocycles. The van der Waals surface area contributed by atoms with E-state index in [9.17, 15) is 9.59 Å². The molecule has 0 bridgehead atoms. The molecule has 0 radical (unpaired) electrons. The molecule has 1 saturated carbocycles. The molecule has 7 heteroatoms. The first kappa shape index (κ1) is 25.7. The van der Waals surface area contributed by atoms with Crippen molar-refractivity contribution >= 4 is 17.6 Å². The highest BCUT2D eigenvalue weighted by Gasteiger charge is 2.44. The van der Waals surface area contributed by atoms with E-state index in [4.69, 9.17) is 10.5 Å². The Morgan fingerprint density at radius 2 is 2.09 bits per heavy atom. The van der Waals surface area contributed by atoms with Gasteiger partial charge in [0.05, 0.1) is 13.2 Å². The van der Waals surface area contributed by atoms with Crippen LogP contribution in [0.25, 0.3) is 0 Å². The largest absolute Gasteiger partial charge is 0.461 e. The van der Waals surface area contributed by atoms with Gasteiger partial charge in [-0.1, -0.05) is 24.3 Å². The molecule has 2 fully saturated rings. The number of esters is 1. The number of allylic oxidation sites excluding steroid dienone is 2. The third-order valence-electron chi connectivity index (χ3n) is 6.93. The van der Waals surface area contributed by atoms with Crippen LogP contribution in [0.4, 0.5) is 4.39 Å². The standard InChI is InChI=1S/C27H36FN3O3/c1-5-14-27(28)17-31(15-13-22(27)20-10-7-9-18(3)19(20)4)24(32)16-30-23-12-8-11-21(23)25(29)26(33)34-6-2/h5,7,9-10,14,22H,6,8,11-13,15-17,29H2,1-4H3/b14-5+,25-21-,30-23?. The predicted molar refractivity (Wildman–Crippen MR) is 133 cm³/mol. The molecule has 3 rings (SSSR count). The van der Waals surface area contributed by atoms with Crippen LogP contribution in [-0.4, -0.2) is 54.4 Å². The number of hydrogen-bond acceptors (Lipinski definition) is 5. The van der Waals surface area contributed by atoms with Gasteiger partial charge in [0.15, 0.2) is 5.67 Å². The number of benzene rings is 1. The number of amides is 1. The van der Waals surface area contributed by atoms with E-state index in [0.717, 1.165) is 23.1 Å². The minimum atomic E-state index is -1.65. The van der Waals surface area contributed by atoms with Gasteiger partial charge in [-0.3, -0.25) is 9.79 Å². The number of aryl methyl sites for hydroxylation is 1. The molecular formula is C27H36FN3O3. The fourth-order valence-corrected chi connectivity index (χ4v) is 5.02. The third-order valence-corrected chi connectivity index (χ3v) is 6.93. The van der Waals surface area contributed by atoms with Crippen molar-refractivity contribution in [1.82, 2.24) is 4.90 Å². The Labute approximate surface area is 201 Å². The Bertz CT molecular complexity index is 1030. The molecule has 184 valence electrons. The van der Waals surface area contributed by atoms with Crippen LogP contribution < -0.4 is 5.73 Å². The number of likely N-dealkylation sites (tertiary alicyclic amines) is 1. The Balaban J connectivity index is 1.76. The summed E-state index contributed by atoms with van der Waals surface area (Å²) in [6, 6.07) is 6.00. The van der Waals surface area contributed by atoms with Crippen LogP contribution >= 0.6 is 0 Å². The Morgan fingerprint density at radius 3 is 2.79 bits per heavy atom. The average Bonchev–Trinajstić information content (AvgIpc) is 3.27. The zero-order chi connectivity index (χ0) is 24.9. The van der Waals surface area contributed by atoms with Crippen LogP contribution in [0, 0.1) is 13.8 Å². The van der Waals surface area contributed by atoms with Crippen molar-refractivity contribution in [1.29, 1.82) is 0 Å². The SMILES string of the molecule is C/C=C/C1(F)CN(C(=O)CN=C2CCC/C2=C(/N)C(=O)OCC)CCC1c1cccc(C)c1C. The van der Waals surface area contributed by atoms with Gasteiger partial charge in [0.2, 0.25) is 5.91 Å².